The monoisotopic (exact) mass is 568 g/mol. The normalized spacial score (nSPS) is 41.5. The van der Waals surface area contributed by atoms with E-state index in [1.165, 1.54) is 17.9 Å². The molecule has 4 aliphatic carbocycles. The van der Waals surface area contributed by atoms with E-state index >= 15 is 0 Å². The molecule has 8 heteroatoms. The van der Waals surface area contributed by atoms with Crippen LogP contribution in [0.15, 0.2) is 42.0 Å². The third-order valence-electron chi connectivity index (χ3n) is 11.6. The van der Waals surface area contributed by atoms with Crippen LogP contribution in [-0.4, -0.2) is 53.9 Å². The van der Waals surface area contributed by atoms with Crippen molar-refractivity contribution >= 4 is 23.4 Å². The summed E-state index contributed by atoms with van der Waals surface area (Å²) >= 11 is 6.30. The number of allylic oxidation sites excluding steroid dienone is 1. The highest BCUT2D eigenvalue weighted by atomic mass is 35.5. The topological polar surface area (TPSA) is 77.1 Å². The van der Waals surface area contributed by atoms with Crippen LogP contribution in [0.4, 0.5) is 0 Å². The number of benzene rings is 1. The van der Waals surface area contributed by atoms with Crippen LogP contribution < -0.4 is 5.43 Å². The Hall–Kier alpha value is -1.93. The van der Waals surface area contributed by atoms with Gasteiger partial charge in [0, 0.05) is 6.42 Å². The molecule has 1 N–H and O–H groups in total. The standard InChI is InChI=1S/C32H41ClN2O5/c1-30-14-15-32(39-16-17-40-32)18-21(30)8-9-22-23-10-11-25(31(23,2)13-12-24(22)30)38-19-26(36)34-35-28(27(33)29(35)37)20-6-4-3-5-7-20/h3-7,18,22-25,27-28H,8-17,19H2,1-2H3,(H,34,36)/t22-,23-,24-,25-,27+,28+,30-,31-/m0/s1. The predicted octanol–water partition coefficient (Wildman–Crippen LogP) is 5.30. The lowest BCUT2D eigenvalue weighted by molar-refractivity contribution is -0.160. The summed E-state index contributed by atoms with van der Waals surface area (Å²) in [7, 11) is 0. The molecule has 216 valence electrons. The molecule has 1 aromatic rings. The molecule has 7 rings (SSSR count). The zero-order chi connectivity index (χ0) is 27.7. The first-order chi connectivity index (χ1) is 19.2. The largest absolute Gasteiger partial charge is 0.368 e. The smallest absolute Gasteiger partial charge is 0.264 e. The Balaban J connectivity index is 0.990. The number of hydrazine groups is 1. The molecule has 2 saturated heterocycles. The number of β-lactam (4-membered cyclic amide) rings is 1. The number of halogens is 1. The first-order valence-electron chi connectivity index (χ1n) is 15.2. The van der Waals surface area contributed by atoms with Crippen molar-refractivity contribution < 1.29 is 23.8 Å². The summed E-state index contributed by atoms with van der Waals surface area (Å²) in [4.78, 5) is 25.4. The summed E-state index contributed by atoms with van der Waals surface area (Å²) in [5.74, 6) is 0.935. The van der Waals surface area contributed by atoms with Gasteiger partial charge in [-0.25, -0.2) is 5.01 Å². The Morgan fingerprint density at radius 3 is 2.60 bits per heavy atom. The number of carbonyl (C=O) groups is 2. The SMILES string of the molecule is C[C@]12CC[C@H]3[C@@H](CCC4=CC5(CC[C@@]43C)OCCO5)[C@@H]1CC[C@@H]2OCC(=O)NN1C(=O)[C@H](Cl)[C@H]1c1ccccc1. The first-order valence-corrected chi connectivity index (χ1v) is 15.6. The highest BCUT2D eigenvalue weighted by Gasteiger charge is 2.60. The number of ether oxygens (including phenoxy) is 3. The van der Waals surface area contributed by atoms with Crippen LogP contribution in [0.1, 0.15) is 76.8 Å². The Morgan fingerprint density at radius 1 is 1.05 bits per heavy atom. The first kappa shape index (κ1) is 26.9. The van der Waals surface area contributed by atoms with Gasteiger partial charge >= 0.3 is 0 Å². The van der Waals surface area contributed by atoms with Gasteiger partial charge in [-0.1, -0.05) is 49.8 Å². The summed E-state index contributed by atoms with van der Waals surface area (Å²) in [5, 5.41) is 0.682. The number of carbonyl (C=O) groups excluding carboxylic acids is 2. The summed E-state index contributed by atoms with van der Waals surface area (Å²) < 4.78 is 18.5. The number of hydrogen-bond donors (Lipinski definition) is 1. The summed E-state index contributed by atoms with van der Waals surface area (Å²) in [6.45, 7) is 6.24. The van der Waals surface area contributed by atoms with E-state index in [1.54, 1.807) is 5.57 Å². The van der Waals surface area contributed by atoms with Crippen molar-refractivity contribution in [2.24, 2.45) is 28.6 Å². The average Bonchev–Trinajstić information content (AvgIpc) is 3.56. The van der Waals surface area contributed by atoms with Crippen molar-refractivity contribution in [1.82, 2.24) is 10.4 Å². The number of nitrogens with one attached hydrogen (secondary N) is 1. The van der Waals surface area contributed by atoms with Crippen LogP contribution in [0.5, 0.6) is 0 Å². The van der Waals surface area contributed by atoms with E-state index in [0.29, 0.717) is 31.0 Å². The van der Waals surface area contributed by atoms with E-state index in [0.717, 1.165) is 44.1 Å². The zero-order valence-electron chi connectivity index (χ0n) is 23.6. The van der Waals surface area contributed by atoms with E-state index in [4.69, 9.17) is 25.8 Å². The average molecular weight is 569 g/mol. The van der Waals surface area contributed by atoms with E-state index in [9.17, 15) is 9.59 Å². The minimum absolute atomic E-state index is 0.0496. The van der Waals surface area contributed by atoms with Crippen molar-refractivity contribution in [1.29, 1.82) is 0 Å². The molecule has 40 heavy (non-hydrogen) atoms. The van der Waals surface area contributed by atoms with Gasteiger partial charge in [0.05, 0.1) is 19.3 Å². The maximum absolute atomic E-state index is 12.9. The quantitative estimate of drug-likeness (QED) is 0.296. The van der Waals surface area contributed by atoms with Gasteiger partial charge in [0.2, 0.25) is 0 Å². The van der Waals surface area contributed by atoms with Crippen molar-refractivity contribution in [3.63, 3.8) is 0 Å². The maximum atomic E-state index is 12.9. The molecule has 2 heterocycles. The van der Waals surface area contributed by atoms with Gasteiger partial charge in [0.1, 0.15) is 18.0 Å². The molecule has 8 atom stereocenters. The van der Waals surface area contributed by atoms with Gasteiger partial charge in [0.25, 0.3) is 11.8 Å². The van der Waals surface area contributed by atoms with Crippen LogP contribution in [0.3, 0.4) is 0 Å². The minimum atomic E-state index is -0.672. The van der Waals surface area contributed by atoms with E-state index < -0.39 is 11.2 Å². The zero-order valence-corrected chi connectivity index (χ0v) is 24.3. The Labute approximate surface area is 241 Å². The fourth-order valence-electron chi connectivity index (χ4n) is 9.49. The third kappa shape index (κ3) is 4.10. The van der Waals surface area contributed by atoms with Gasteiger partial charge in [0.15, 0.2) is 5.79 Å². The number of amides is 2. The van der Waals surface area contributed by atoms with Crippen LogP contribution in [-0.2, 0) is 23.8 Å². The van der Waals surface area contributed by atoms with Gasteiger partial charge in [-0.3, -0.25) is 15.0 Å². The molecular formula is C32H41ClN2O5. The van der Waals surface area contributed by atoms with Crippen LogP contribution >= 0.6 is 11.6 Å². The highest BCUT2D eigenvalue weighted by Crippen LogP contribution is 2.66. The molecule has 2 amide bonds. The second-order valence-corrected chi connectivity index (χ2v) is 13.9. The van der Waals surface area contributed by atoms with E-state index in [1.807, 2.05) is 30.3 Å². The van der Waals surface area contributed by atoms with Gasteiger partial charge in [-0.15, -0.1) is 11.6 Å². The lowest BCUT2D eigenvalue weighted by atomic mass is 9.47. The van der Waals surface area contributed by atoms with Crippen molar-refractivity contribution in [3.8, 4) is 0 Å². The molecule has 6 aliphatic rings. The molecule has 0 radical (unpaired) electrons. The summed E-state index contributed by atoms with van der Waals surface area (Å²) in [6, 6.07) is 9.21. The van der Waals surface area contributed by atoms with Gasteiger partial charge in [-0.05, 0) is 85.2 Å². The Morgan fingerprint density at radius 2 is 1.82 bits per heavy atom. The molecule has 0 bridgehead atoms. The van der Waals surface area contributed by atoms with Gasteiger partial charge < -0.3 is 14.2 Å². The molecule has 0 aromatic heterocycles. The maximum Gasteiger partial charge on any atom is 0.264 e. The molecule has 0 unspecified atom stereocenters. The lowest BCUT2D eigenvalue weighted by Gasteiger charge is -2.59. The Bertz CT molecular complexity index is 1200. The molecule has 7 nitrogen and oxygen atoms in total. The van der Waals surface area contributed by atoms with E-state index in [2.05, 4.69) is 25.3 Å². The number of rotatable bonds is 5. The summed E-state index contributed by atoms with van der Waals surface area (Å²) in [6.07, 6.45) is 11.3. The summed E-state index contributed by atoms with van der Waals surface area (Å²) in [5.41, 5.74) is 5.53. The van der Waals surface area contributed by atoms with Crippen LogP contribution in [0, 0.1) is 28.6 Å². The molecule has 2 aliphatic heterocycles. The minimum Gasteiger partial charge on any atom is -0.368 e. The fraction of sp³-hybridized carbons (Fsp3) is 0.688. The van der Waals surface area contributed by atoms with Crippen molar-refractivity contribution in [2.75, 3.05) is 19.8 Å². The molecule has 1 spiro atoms. The lowest BCUT2D eigenvalue weighted by Crippen LogP contribution is -2.63. The number of alkyl halides is 1. The number of fused-ring (bicyclic) bond motifs is 5. The van der Waals surface area contributed by atoms with Crippen molar-refractivity contribution in [3.05, 3.63) is 47.5 Å². The Kier molecular flexibility index (Phi) is 6.62. The third-order valence-corrected chi connectivity index (χ3v) is 12.1. The van der Waals surface area contributed by atoms with Gasteiger partial charge in [-0.2, -0.15) is 0 Å². The molecular weight excluding hydrogens is 528 g/mol. The van der Waals surface area contributed by atoms with Crippen LogP contribution in [0.25, 0.3) is 0 Å². The second kappa shape index (κ2) is 9.82. The molecule has 5 fully saturated rings. The number of hydrogen-bond acceptors (Lipinski definition) is 5. The predicted molar refractivity (Wildman–Crippen MR) is 150 cm³/mol. The second-order valence-electron chi connectivity index (χ2n) is 13.4. The van der Waals surface area contributed by atoms with Crippen molar-refractivity contribution in [2.45, 2.75) is 88.5 Å². The number of nitrogens with zero attached hydrogens (tertiary/aromatic N) is 1. The molecule has 1 aromatic carbocycles. The van der Waals surface area contributed by atoms with E-state index in [-0.39, 0.29) is 41.4 Å². The highest BCUT2D eigenvalue weighted by molar-refractivity contribution is 6.33. The fourth-order valence-corrected chi connectivity index (χ4v) is 9.86. The molecule has 3 saturated carbocycles. The van der Waals surface area contributed by atoms with Crippen LogP contribution in [0.2, 0.25) is 0 Å².